The molecule has 2 aromatic rings. The van der Waals surface area contributed by atoms with Crippen LogP contribution in [0.4, 0.5) is 5.13 Å². The van der Waals surface area contributed by atoms with E-state index in [1.54, 1.807) is 13.2 Å². The van der Waals surface area contributed by atoms with Crippen molar-refractivity contribution in [3.63, 3.8) is 0 Å². The summed E-state index contributed by atoms with van der Waals surface area (Å²) in [5, 5.41) is 1.08. The first-order valence-corrected chi connectivity index (χ1v) is 4.80. The summed E-state index contributed by atoms with van der Waals surface area (Å²) in [5.41, 5.74) is 6.31. The summed E-state index contributed by atoms with van der Waals surface area (Å²) in [6, 6.07) is 3.66. The zero-order chi connectivity index (χ0) is 9.42. The monoisotopic (exact) mass is 214 g/mol. The average Bonchev–Trinajstić information content (AvgIpc) is 2.45. The number of anilines is 1. The maximum atomic E-state index is 5.91. The Bertz CT molecular complexity index is 455. The Morgan fingerprint density at radius 3 is 3.00 bits per heavy atom. The first-order valence-electron chi connectivity index (χ1n) is 3.61. The van der Waals surface area contributed by atoms with Crippen LogP contribution in [-0.4, -0.2) is 12.1 Å². The summed E-state index contributed by atoms with van der Waals surface area (Å²) < 4.78 is 6.11. The Balaban J connectivity index is 2.82. The molecular weight excluding hydrogens is 208 g/mol. The van der Waals surface area contributed by atoms with Crippen LogP contribution < -0.4 is 10.5 Å². The summed E-state index contributed by atoms with van der Waals surface area (Å²) in [6.07, 6.45) is 0. The molecule has 0 aliphatic rings. The van der Waals surface area contributed by atoms with Gasteiger partial charge in [-0.2, -0.15) is 0 Å². The number of nitrogens with zero attached hydrogens (tertiary/aromatic N) is 1. The molecule has 0 bridgehead atoms. The molecule has 0 amide bonds. The second-order valence-corrected chi connectivity index (χ2v) is 3.95. The Morgan fingerprint density at radius 1 is 1.54 bits per heavy atom. The van der Waals surface area contributed by atoms with Gasteiger partial charge < -0.3 is 10.5 Å². The summed E-state index contributed by atoms with van der Waals surface area (Å²) >= 11 is 7.33. The first kappa shape index (κ1) is 8.59. The van der Waals surface area contributed by atoms with Gasteiger partial charge in [0.1, 0.15) is 5.52 Å². The van der Waals surface area contributed by atoms with E-state index in [1.807, 2.05) is 6.07 Å². The van der Waals surface area contributed by atoms with E-state index in [2.05, 4.69) is 4.98 Å². The van der Waals surface area contributed by atoms with E-state index in [1.165, 1.54) is 11.3 Å². The Hall–Kier alpha value is -1.00. The summed E-state index contributed by atoms with van der Waals surface area (Å²) in [5.74, 6) is 0.590. The fourth-order valence-corrected chi connectivity index (χ4v) is 2.12. The molecule has 0 aliphatic heterocycles. The lowest BCUT2D eigenvalue weighted by Crippen LogP contribution is -1.86. The number of nitrogen functional groups attached to an aromatic ring is 1. The zero-order valence-electron chi connectivity index (χ0n) is 6.87. The average molecular weight is 215 g/mol. The number of ether oxygens (including phenoxy) is 1. The van der Waals surface area contributed by atoms with Crippen molar-refractivity contribution in [3.8, 4) is 5.75 Å². The number of methoxy groups -OCH3 is 1. The molecule has 5 heteroatoms. The normalized spacial score (nSPS) is 10.6. The molecule has 2 N–H and O–H groups in total. The number of benzene rings is 1. The number of nitrogens with two attached hydrogens (primary N) is 1. The third-order valence-corrected chi connectivity index (χ3v) is 2.83. The van der Waals surface area contributed by atoms with Gasteiger partial charge in [-0.05, 0) is 12.1 Å². The smallest absolute Gasteiger partial charge is 0.181 e. The van der Waals surface area contributed by atoms with Gasteiger partial charge in [0, 0.05) is 0 Å². The van der Waals surface area contributed by atoms with Crippen molar-refractivity contribution in [2.24, 2.45) is 0 Å². The van der Waals surface area contributed by atoms with E-state index in [-0.39, 0.29) is 0 Å². The largest absolute Gasteiger partial charge is 0.493 e. The predicted octanol–water partition coefficient (Wildman–Crippen LogP) is 2.54. The lowest BCUT2D eigenvalue weighted by atomic mass is 10.3. The molecule has 2 rings (SSSR count). The maximum absolute atomic E-state index is 5.91. The van der Waals surface area contributed by atoms with Crippen LogP contribution in [-0.2, 0) is 0 Å². The Labute approximate surface area is 84.1 Å². The second-order valence-electron chi connectivity index (χ2n) is 2.48. The number of hydrogen-bond donors (Lipinski definition) is 1. The molecule has 0 saturated heterocycles. The van der Waals surface area contributed by atoms with Gasteiger partial charge in [-0.25, -0.2) is 4.98 Å². The second kappa shape index (κ2) is 3.05. The van der Waals surface area contributed by atoms with E-state index in [4.69, 9.17) is 22.1 Å². The van der Waals surface area contributed by atoms with Gasteiger partial charge in [0.2, 0.25) is 0 Å². The van der Waals surface area contributed by atoms with E-state index in [9.17, 15) is 0 Å². The van der Waals surface area contributed by atoms with E-state index in [0.29, 0.717) is 15.9 Å². The van der Waals surface area contributed by atoms with Gasteiger partial charge in [0.05, 0.1) is 16.8 Å². The number of halogens is 1. The molecule has 0 fully saturated rings. The highest BCUT2D eigenvalue weighted by molar-refractivity contribution is 7.22. The van der Waals surface area contributed by atoms with Gasteiger partial charge in [-0.3, -0.25) is 0 Å². The van der Waals surface area contributed by atoms with Crippen LogP contribution in [0.15, 0.2) is 12.1 Å². The highest BCUT2D eigenvalue weighted by Gasteiger charge is 2.10. The van der Waals surface area contributed by atoms with E-state index in [0.717, 1.165) is 10.2 Å². The lowest BCUT2D eigenvalue weighted by molar-refractivity contribution is 0.419. The third-order valence-electron chi connectivity index (χ3n) is 1.69. The van der Waals surface area contributed by atoms with Gasteiger partial charge in [-0.1, -0.05) is 22.9 Å². The van der Waals surface area contributed by atoms with Crippen molar-refractivity contribution in [3.05, 3.63) is 17.2 Å². The van der Waals surface area contributed by atoms with Crippen molar-refractivity contribution in [1.82, 2.24) is 4.98 Å². The Morgan fingerprint density at radius 2 is 2.31 bits per heavy atom. The summed E-state index contributed by atoms with van der Waals surface area (Å²) in [7, 11) is 1.57. The highest BCUT2D eigenvalue weighted by Crippen LogP contribution is 2.36. The Kier molecular flexibility index (Phi) is 2.01. The maximum Gasteiger partial charge on any atom is 0.181 e. The minimum atomic E-state index is 0.524. The fourth-order valence-electron chi connectivity index (χ4n) is 1.16. The van der Waals surface area contributed by atoms with Crippen molar-refractivity contribution in [1.29, 1.82) is 0 Å². The third kappa shape index (κ3) is 1.32. The van der Waals surface area contributed by atoms with E-state index >= 15 is 0 Å². The molecule has 0 atom stereocenters. The molecule has 1 aromatic carbocycles. The molecule has 0 unspecified atom stereocenters. The van der Waals surface area contributed by atoms with Crippen LogP contribution >= 0.6 is 22.9 Å². The van der Waals surface area contributed by atoms with Crippen molar-refractivity contribution in [2.45, 2.75) is 0 Å². The van der Waals surface area contributed by atoms with Crippen LogP contribution in [0.2, 0.25) is 5.02 Å². The highest BCUT2D eigenvalue weighted by atomic mass is 35.5. The molecule has 13 heavy (non-hydrogen) atoms. The summed E-state index contributed by atoms with van der Waals surface area (Å²) in [4.78, 5) is 4.13. The number of rotatable bonds is 1. The van der Waals surface area contributed by atoms with Crippen LogP contribution in [0.1, 0.15) is 0 Å². The number of fused-ring (bicyclic) bond motifs is 1. The standard InChI is InChI=1S/C8H7ClN2OS/c1-12-7-4(9)2-3-5-6(7)11-8(10)13-5/h2-3H,1H3,(H2,10,11). The number of thiazole rings is 1. The molecule has 0 aliphatic carbocycles. The van der Waals surface area contributed by atoms with Gasteiger partial charge in [0.15, 0.2) is 10.9 Å². The molecule has 0 spiro atoms. The van der Waals surface area contributed by atoms with Gasteiger partial charge in [0.25, 0.3) is 0 Å². The molecule has 1 aromatic heterocycles. The molecule has 0 radical (unpaired) electrons. The zero-order valence-corrected chi connectivity index (χ0v) is 8.45. The fraction of sp³-hybridized carbons (Fsp3) is 0.125. The van der Waals surface area contributed by atoms with Gasteiger partial charge in [-0.15, -0.1) is 0 Å². The van der Waals surface area contributed by atoms with Crippen LogP contribution in [0.5, 0.6) is 5.75 Å². The van der Waals surface area contributed by atoms with Crippen LogP contribution in [0, 0.1) is 0 Å². The predicted molar refractivity (Wildman–Crippen MR) is 55.6 cm³/mol. The number of aromatic nitrogens is 1. The molecular formula is C8H7ClN2OS. The van der Waals surface area contributed by atoms with Crippen molar-refractivity contribution in [2.75, 3.05) is 12.8 Å². The van der Waals surface area contributed by atoms with Crippen molar-refractivity contribution < 1.29 is 4.74 Å². The van der Waals surface area contributed by atoms with Crippen LogP contribution in [0.25, 0.3) is 10.2 Å². The summed E-state index contributed by atoms with van der Waals surface area (Å²) in [6.45, 7) is 0. The molecule has 3 nitrogen and oxygen atoms in total. The minimum Gasteiger partial charge on any atom is -0.493 e. The SMILES string of the molecule is COc1c(Cl)ccc2sc(N)nc12. The van der Waals surface area contributed by atoms with Crippen molar-refractivity contribution >= 4 is 38.3 Å². The number of hydrogen-bond acceptors (Lipinski definition) is 4. The minimum absolute atomic E-state index is 0.524. The van der Waals surface area contributed by atoms with Gasteiger partial charge >= 0.3 is 0 Å². The van der Waals surface area contributed by atoms with Crippen LogP contribution in [0.3, 0.4) is 0 Å². The topological polar surface area (TPSA) is 48.1 Å². The molecule has 1 heterocycles. The molecule has 68 valence electrons. The lowest BCUT2D eigenvalue weighted by Gasteiger charge is -2.01. The molecule has 0 saturated carbocycles. The van der Waals surface area contributed by atoms with E-state index < -0.39 is 0 Å². The first-order chi connectivity index (χ1) is 6.22. The quantitative estimate of drug-likeness (QED) is 0.794.